The number of fused-ring (bicyclic) bond motifs is 5. The summed E-state index contributed by atoms with van der Waals surface area (Å²) in [7, 11) is 0. The predicted octanol–water partition coefficient (Wildman–Crippen LogP) is 14.4. The monoisotopic (exact) mass is 791 g/mol. The van der Waals surface area contributed by atoms with Crippen molar-refractivity contribution in [3.8, 4) is 67.8 Å². The lowest BCUT2D eigenvalue weighted by Gasteiger charge is -2.13. The summed E-state index contributed by atoms with van der Waals surface area (Å²) in [6, 6.07) is 77.2. The van der Waals surface area contributed by atoms with Gasteiger partial charge >= 0.3 is 0 Å². The lowest BCUT2D eigenvalue weighted by atomic mass is 10.0. The summed E-state index contributed by atoms with van der Waals surface area (Å²) in [5, 5.41) is 6.03. The van der Waals surface area contributed by atoms with Gasteiger partial charge in [-0.15, -0.1) is 0 Å². The highest BCUT2D eigenvalue weighted by Crippen LogP contribution is 2.38. The van der Waals surface area contributed by atoms with Crippen molar-refractivity contribution in [1.82, 2.24) is 24.1 Å². The van der Waals surface area contributed by atoms with Gasteiger partial charge in [-0.1, -0.05) is 146 Å². The molecule has 0 aliphatic carbocycles. The van der Waals surface area contributed by atoms with Crippen molar-refractivity contribution in [2.24, 2.45) is 0 Å². The van der Waals surface area contributed by atoms with Crippen LogP contribution in [0.5, 0.6) is 0 Å². The Hall–Kier alpha value is -8.41. The molecule has 9 aromatic carbocycles. The van der Waals surface area contributed by atoms with E-state index < -0.39 is 0 Å². The standard InChI is InChI=1S/C57H37N5/c1-4-15-38(16-5-1)40-19-12-21-43(31-40)55-58-56(44-22-13-20-41(32-44)39-17-6-2-7-18-39)60-57(59-55)45-23-14-26-49(34-45)62-52-28-11-10-27-50(52)51-35-46-33-42-29-30-61(48-24-8-3-9-25-48)53(42)36-47(46)37-54(51)62/h1-37H. The molecular formula is C57H37N5. The van der Waals surface area contributed by atoms with E-state index in [2.05, 4.69) is 222 Å². The molecule has 5 heteroatoms. The van der Waals surface area contributed by atoms with E-state index in [1.807, 2.05) is 12.1 Å². The van der Waals surface area contributed by atoms with E-state index in [9.17, 15) is 0 Å². The predicted molar refractivity (Wildman–Crippen MR) is 256 cm³/mol. The molecule has 0 radical (unpaired) electrons. The van der Waals surface area contributed by atoms with Gasteiger partial charge < -0.3 is 9.13 Å². The Kier molecular flexibility index (Phi) is 8.42. The molecular weight excluding hydrogens is 755 g/mol. The first-order chi connectivity index (χ1) is 30.7. The summed E-state index contributed by atoms with van der Waals surface area (Å²) in [6.07, 6.45) is 2.16. The second-order valence-electron chi connectivity index (χ2n) is 15.8. The molecule has 0 N–H and O–H groups in total. The molecule has 12 rings (SSSR count). The van der Waals surface area contributed by atoms with Crippen molar-refractivity contribution in [3.63, 3.8) is 0 Å². The van der Waals surface area contributed by atoms with Gasteiger partial charge in [0.1, 0.15) is 0 Å². The summed E-state index contributed by atoms with van der Waals surface area (Å²) in [4.78, 5) is 15.6. The van der Waals surface area contributed by atoms with Gasteiger partial charge in [-0.25, -0.2) is 15.0 Å². The molecule has 5 nitrogen and oxygen atoms in total. The molecule has 0 atom stereocenters. The Bertz CT molecular complexity index is 3520. The number of benzene rings is 9. The topological polar surface area (TPSA) is 48.5 Å². The second-order valence-corrected chi connectivity index (χ2v) is 15.8. The zero-order valence-electron chi connectivity index (χ0n) is 33.6. The third-order valence-electron chi connectivity index (χ3n) is 11.9. The van der Waals surface area contributed by atoms with Crippen LogP contribution in [0.3, 0.4) is 0 Å². The van der Waals surface area contributed by atoms with Crippen LogP contribution in [0.15, 0.2) is 225 Å². The molecule has 3 aromatic heterocycles. The molecule has 0 saturated carbocycles. The number of rotatable bonds is 7. The average molecular weight is 792 g/mol. The molecule has 0 aliphatic heterocycles. The molecule has 62 heavy (non-hydrogen) atoms. The Balaban J connectivity index is 1.03. The fraction of sp³-hybridized carbons (Fsp3) is 0. The maximum absolute atomic E-state index is 5.23. The van der Waals surface area contributed by atoms with Crippen molar-refractivity contribution in [1.29, 1.82) is 0 Å². The minimum atomic E-state index is 0.609. The highest BCUT2D eigenvalue weighted by molar-refractivity contribution is 6.15. The molecule has 0 spiro atoms. The number of hydrogen-bond acceptors (Lipinski definition) is 3. The van der Waals surface area contributed by atoms with Crippen LogP contribution < -0.4 is 0 Å². The lowest BCUT2D eigenvalue weighted by molar-refractivity contribution is 1.07. The van der Waals surface area contributed by atoms with Crippen LogP contribution in [0.4, 0.5) is 0 Å². The highest BCUT2D eigenvalue weighted by atomic mass is 15.0. The van der Waals surface area contributed by atoms with Crippen LogP contribution in [0.2, 0.25) is 0 Å². The fourth-order valence-electron chi connectivity index (χ4n) is 8.92. The van der Waals surface area contributed by atoms with Crippen LogP contribution in [0, 0.1) is 0 Å². The van der Waals surface area contributed by atoms with Gasteiger partial charge in [0.15, 0.2) is 17.5 Å². The van der Waals surface area contributed by atoms with Crippen molar-refractivity contribution in [2.75, 3.05) is 0 Å². The van der Waals surface area contributed by atoms with Crippen molar-refractivity contribution < 1.29 is 0 Å². The maximum atomic E-state index is 5.23. The van der Waals surface area contributed by atoms with Crippen LogP contribution in [0.1, 0.15) is 0 Å². The van der Waals surface area contributed by atoms with E-state index in [4.69, 9.17) is 15.0 Å². The second kappa shape index (κ2) is 14.7. The van der Waals surface area contributed by atoms with Gasteiger partial charge in [0.05, 0.1) is 16.6 Å². The van der Waals surface area contributed by atoms with Crippen molar-refractivity contribution >= 4 is 43.5 Å². The Morgan fingerprint density at radius 1 is 0.274 bits per heavy atom. The summed E-state index contributed by atoms with van der Waals surface area (Å²) >= 11 is 0. The largest absolute Gasteiger partial charge is 0.317 e. The minimum Gasteiger partial charge on any atom is -0.317 e. The zero-order chi connectivity index (χ0) is 41.0. The maximum Gasteiger partial charge on any atom is 0.164 e. The van der Waals surface area contributed by atoms with E-state index in [1.54, 1.807) is 0 Å². The summed E-state index contributed by atoms with van der Waals surface area (Å²) in [6.45, 7) is 0. The lowest BCUT2D eigenvalue weighted by Crippen LogP contribution is -2.01. The molecule has 0 saturated heterocycles. The van der Waals surface area contributed by atoms with Crippen LogP contribution >= 0.6 is 0 Å². The van der Waals surface area contributed by atoms with Gasteiger partial charge in [0.25, 0.3) is 0 Å². The van der Waals surface area contributed by atoms with Gasteiger partial charge in [0, 0.05) is 50.4 Å². The van der Waals surface area contributed by atoms with E-state index in [1.165, 1.54) is 32.4 Å². The summed E-state index contributed by atoms with van der Waals surface area (Å²) in [5.74, 6) is 1.85. The summed E-state index contributed by atoms with van der Waals surface area (Å²) in [5.41, 5.74) is 12.9. The number of nitrogens with zero attached hydrogens (tertiary/aromatic N) is 5. The molecule has 0 bridgehead atoms. The van der Waals surface area contributed by atoms with E-state index in [-0.39, 0.29) is 0 Å². The number of para-hydroxylation sites is 2. The quantitative estimate of drug-likeness (QED) is 0.162. The van der Waals surface area contributed by atoms with Gasteiger partial charge in [-0.05, 0) is 106 Å². The molecule has 290 valence electrons. The van der Waals surface area contributed by atoms with Crippen molar-refractivity contribution in [2.45, 2.75) is 0 Å². The normalized spacial score (nSPS) is 11.5. The Morgan fingerprint density at radius 3 is 1.40 bits per heavy atom. The number of aromatic nitrogens is 5. The smallest absolute Gasteiger partial charge is 0.164 e. The van der Waals surface area contributed by atoms with Gasteiger partial charge in [-0.2, -0.15) is 0 Å². The van der Waals surface area contributed by atoms with Gasteiger partial charge in [0.2, 0.25) is 0 Å². The first-order valence-electron chi connectivity index (χ1n) is 20.9. The molecule has 0 unspecified atom stereocenters. The third kappa shape index (κ3) is 6.23. The molecule has 0 aliphatic rings. The molecule has 3 heterocycles. The van der Waals surface area contributed by atoms with E-state index in [0.717, 1.165) is 61.4 Å². The first-order valence-corrected chi connectivity index (χ1v) is 20.9. The molecule has 0 amide bonds. The van der Waals surface area contributed by atoms with Crippen molar-refractivity contribution in [3.05, 3.63) is 225 Å². The average Bonchev–Trinajstić information content (AvgIpc) is 3.91. The number of hydrogen-bond donors (Lipinski definition) is 0. The first kappa shape index (κ1) is 35.5. The molecule has 0 fully saturated rings. The SMILES string of the molecule is c1ccc(-c2cccc(-c3nc(-c4cccc(-c5ccccc5)c4)nc(-c4cccc(-n5c6ccccc6c6cc7cc8ccn(-c9ccccc9)c8cc7cc65)c4)n3)c2)cc1. The third-order valence-corrected chi connectivity index (χ3v) is 11.9. The fourth-order valence-corrected chi connectivity index (χ4v) is 8.92. The Labute approximate surface area is 358 Å². The summed E-state index contributed by atoms with van der Waals surface area (Å²) < 4.78 is 4.65. The van der Waals surface area contributed by atoms with Gasteiger partial charge in [-0.3, -0.25) is 0 Å². The Morgan fingerprint density at radius 2 is 0.758 bits per heavy atom. The zero-order valence-corrected chi connectivity index (χ0v) is 33.6. The van der Waals surface area contributed by atoms with Crippen LogP contribution in [0.25, 0.3) is 111 Å². The molecule has 12 aromatic rings. The minimum absolute atomic E-state index is 0.609. The van der Waals surface area contributed by atoms with E-state index in [0.29, 0.717) is 17.5 Å². The highest BCUT2D eigenvalue weighted by Gasteiger charge is 2.18. The van der Waals surface area contributed by atoms with Crippen LogP contribution in [-0.4, -0.2) is 24.1 Å². The van der Waals surface area contributed by atoms with E-state index >= 15 is 0 Å². The van der Waals surface area contributed by atoms with Crippen LogP contribution in [-0.2, 0) is 0 Å².